The smallest absolute Gasteiger partial charge is 0.356 e. The molecule has 0 atom stereocenters. The lowest BCUT2D eigenvalue weighted by Crippen LogP contribution is -2.28. The molecule has 0 saturated heterocycles. The molecule has 3 N–H and O–H groups in total. The molecule has 0 aliphatic heterocycles. The Morgan fingerprint density at radius 2 is 1.75 bits per heavy atom. The van der Waals surface area contributed by atoms with E-state index in [2.05, 4.69) is 35.8 Å². The van der Waals surface area contributed by atoms with Gasteiger partial charge in [0.25, 0.3) is 0 Å². The van der Waals surface area contributed by atoms with E-state index in [0.717, 1.165) is 11.8 Å². The van der Waals surface area contributed by atoms with Crippen LogP contribution in [0.1, 0.15) is 17.4 Å². The summed E-state index contributed by atoms with van der Waals surface area (Å²) >= 11 is 0. The van der Waals surface area contributed by atoms with Crippen molar-refractivity contribution in [2.45, 2.75) is 6.92 Å². The number of rotatable bonds is 6. The number of urea groups is 1. The van der Waals surface area contributed by atoms with Crippen molar-refractivity contribution >= 4 is 17.8 Å². The van der Waals surface area contributed by atoms with Crippen LogP contribution in [0.25, 0.3) is 34.2 Å². The van der Waals surface area contributed by atoms with Crippen molar-refractivity contribution in [2.75, 3.05) is 11.9 Å². The number of nitrogens with one attached hydrogen (secondary N) is 2. The summed E-state index contributed by atoms with van der Waals surface area (Å²) < 4.78 is 5.87. The summed E-state index contributed by atoms with van der Waals surface area (Å²) in [6, 6.07) is 10.4. The van der Waals surface area contributed by atoms with Crippen LogP contribution >= 0.6 is 0 Å². The predicted octanol–water partition coefficient (Wildman–Crippen LogP) is 3.10. The predicted molar refractivity (Wildman–Crippen MR) is 114 cm³/mol. The van der Waals surface area contributed by atoms with Crippen LogP contribution in [0.5, 0.6) is 0 Å². The number of anilines is 1. The van der Waals surface area contributed by atoms with Gasteiger partial charge in [0.15, 0.2) is 5.69 Å². The number of carbonyl (C=O) groups is 2. The van der Waals surface area contributed by atoms with Gasteiger partial charge in [0.2, 0.25) is 11.8 Å². The fourth-order valence-corrected chi connectivity index (χ4v) is 2.83. The summed E-state index contributed by atoms with van der Waals surface area (Å²) in [7, 11) is 0. The molecule has 0 aliphatic carbocycles. The number of amides is 2. The third-order valence-electron chi connectivity index (χ3n) is 4.31. The molecule has 3 heterocycles. The van der Waals surface area contributed by atoms with E-state index in [9.17, 15) is 9.59 Å². The van der Waals surface area contributed by atoms with Crippen molar-refractivity contribution in [3.8, 4) is 34.2 Å². The number of nitrogens with zero attached hydrogens (tertiary/aromatic N) is 5. The molecule has 0 fully saturated rings. The second kappa shape index (κ2) is 9.00. The van der Waals surface area contributed by atoms with Crippen molar-refractivity contribution in [2.24, 2.45) is 0 Å². The molecule has 11 heteroatoms. The molecule has 11 nitrogen and oxygen atoms in total. The average molecular weight is 431 g/mol. The Kier molecular flexibility index (Phi) is 5.79. The minimum atomic E-state index is -1.19. The van der Waals surface area contributed by atoms with Crippen LogP contribution in [0.3, 0.4) is 0 Å². The van der Waals surface area contributed by atoms with E-state index in [1.165, 1.54) is 12.4 Å². The molecule has 160 valence electrons. The summed E-state index contributed by atoms with van der Waals surface area (Å²) in [6.07, 6.45) is 3.93. The van der Waals surface area contributed by atoms with Gasteiger partial charge in [-0.2, -0.15) is 0 Å². The first-order chi connectivity index (χ1) is 15.5. The van der Waals surface area contributed by atoms with Gasteiger partial charge in [-0.1, -0.05) is 18.2 Å². The van der Waals surface area contributed by atoms with Gasteiger partial charge in [-0.15, -0.1) is 10.2 Å². The average Bonchev–Trinajstić information content (AvgIpc) is 3.30. The molecule has 0 spiro atoms. The number of carboxylic acids is 1. The summed E-state index contributed by atoms with van der Waals surface area (Å²) in [6.45, 7) is 2.25. The normalized spacial score (nSPS) is 10.5. The molecule has 0 radical (unpaired) electrons. The van der Waals surface area contributed by atoms with Crippen LogP contribution in [0, 0.1) is 0 Å². The fraction of sp³-hybridized carbons (Fsp3) is 0.0952. The van der Waals surface area contributed by atoms with Gasteiger partial charge in [0.1, 0.15) is 5.82 Å². The number of benzene rings is 1. The van der Waals surface area contributed by atoms with Crippen molar-refractivity contribution < 1.29 is 19.1 Å². The molecular formula is C21H17N7O4. The zero-order valence-electron chi connectivity index (χ0n) is 16.8. The van der Waals surface area contributed by atoms with Gasteiger partial charge in [0, 0.05) is 23.9 Å². The summed E-state index contributed by atoms with van der Waals surface area (Å²) in [5.41, 5.74) is 1.81. The van der Waals surface area contributed by atoms with E-state index in [1.807, 2.05) is 30.3 Å². The number of carbonyl (C=O) groups excluding carboxylic acids is 1. The Balaban J connectivity index is 1.77. The zero-order valence-corrected chi connectivity index (χ0v) is 16.8. The van der Waals surface area contributed by atoms with Gasteiger partial charge >= 0.3 is 12.0 Å². The summed E-state index contributed by atoms with van der Waals surface area (Å²) in [5, 5.41) is 22.6. The lowest BCUT2D eigenvalue weighted by Gasteiger charge is -2.09. The molecule has 32 heavy (non-hydrogen) atoms. The zero-order chi connectivity index (χ0) is 22.5. The fourth-order valence-electron chi connectivity index (χ4n) is 2.83. The third kappa shape index (κ3) is 4.41. The second-order valence-electron chi connectivity index (χ2n) is 6.47. The number of hydrogen-bond donors (Lipinski definition) is 3. The molecule has 0 saturated carbocycles. The van der Waals surface area contributed by atoms with Crippen molar-refractivity contribution in [3.63, 3.8) is 0 Å². The first-order valence-electron chi connectivity index (χ1n) is 9.55. The maximum absolute atomic E-state index is 11.9. The highest BCUT2D eigenvalue weighted by atomic mass is 16.4. The van der Waals surface area contributed by atoms with Gasteiger partial charge in [-0.05, 0) is 25.1 Å². The molecule has 0 bridgehead atoms. The third-order valence-corrected chi connectivity index (χ3v) is 4.31. The van der Waals surface area contributed by atoms with E-state index in [4.69, 9.17) is 9.52 Å². The van der Waals surface area contributed by atoms with Crippen molar-refractivity contribution in [1.29, 1.82) is 0 Å². The van der Waals surface area contributed by atoms with E-state index in [0.29, 0.717) is 29.3 Å². The van der Waals surface area contributed by atoms with Crippen LogP contribution in [0.4, 0.5) is 10.6 Å². The second-order valence-corrected chi connectivity index (χ2v) is 6.47. The summed E-state index contributed by atoms with van der Waals surface area (Å²) in [5.74, 6) is -0.448. The Bertz CT molecular complexity index is 1260. The Morgan fingerprint density at radius 3 is 2.44 bits per heavy atom. The molecule has 0 aliphatic rings. The van der Waals surface area contributed by atoms with Gasteiger partial charge in [0.05, 0.1) is 23.7 Å². The van der Waals surface area contributed by atoms with E-state index in [-0.39, 0.29) is 17.4 Å². The number of aromatic nitrogens is 5. The first kappa shape index (κ1) is 20.6. The largest absolute Gasteiger partial charge is 0.476 e. The maximum atomic E-state index is 11.9. The number of carboxylic acid groups (broad SMARTS) is 1. The standard InChI is InChI=1S/C21H17N7O4/c1-2-22-21(31)26-17-8-13(19-28-27-18(32-19)12-6-4-3-5-7-12)14(9-25-17)15-10-24-16(11-23-15)20(29)30/h3-11H,2H2,1H3,(H,29,30)(H2,22,25,26,31). The van der Waals surface area contributed by atoms with Crippen LogP contribution in [-0.4, -0.2) is 48.8 Å². The maximum Gasteiger partial charge on any atom is 0.356 e. The lowest BCUT2D eigenvalue weighted by atomic mass is 10.1. The molecular weight excluding hydrogens is 414 g/mol. The number of hydrogen-bond acceptors (Lipinski definition) is 8. The highest BCUT2D eigenvalue weighted by Crippen LogP contribution is 2.32. The number of pyridine rings is 1. The molecule has 0 unspecified atom stereocenters. The van der Waals surface area contributed by atoms with Gasteiger partial charge < -0.3 is 14.8 Å². The molecule has 2 amide bonds. The van der Waals surface area contributed by atoms with Crippen LogP contribution in [0.15, 0.2) is 59.4 Å². The monoisotopic (exact) mass is 431 g/mol. The van der Waals surface area contributed by atoms with E-state index < -0.39 is 12.0 Å². The molecule has 1 aromatic carbocycles. The molecule has 4 rings (SSSR count). The van der Waals surface area contributed by atoms with Crippen LogP contribution in [0.2, 0.25) is 0 Å². The van der Waals surface area contributed by atoms with Crippen LogP contribution in [-0.2, 0) is 0 Å². The van der Waals surface area contributed by atoms with E-state index >= 15 is 0 Å². The van der Waals surface area contributed by atoms with E-state index in [1.54, 1.807) is 13.0 Å². The summed E-state index contributed by atoms with van der Waals surface area (Å²) in [4.78, 5) is 35.3. The minimum Gasteiger partial charge on any atom is -0.476 e. The SMILES string of the molecule is CCNC(=O)Nc1cc(-c2nnc(-c3ccccc3)o2)c(-c2cnc(C(=O)O)cn2)cn1. The van der Waals surface area contributed by atoms with Gasteiger partial charge in [-0.25, -0.2) is 19.6 Å². The topological polar surface area (TPSA) is 156 Å². The Labute approximate surface area is 181 Å². The van der Waals surface area contributed by atoms with Crippen LogP contribution < -0.4 is 10.6 Å². The number of aromatic carboxylic acids is 1. The van der Waals surface area contributed by atoms with Gasteiger partial charge in [-0.3, -0.25) is 10.3 Å². The highest BCUT2D eigenvalue weighted by molar-refractivity contribution is 5.90. The Morgan fingerprint density at radius 1 is 0.969 bits per heavy atom. The minimum absolute atomic E-state index is 0.171. The lowest BCUT2D eigenvalue weighted by molar-refractivity contribution is 0.0690. The highest BCUT2D eigenvalue weighted by Gasteiger charge is 2.19. The quantitative estimate of drug-likeness (QED) is 0.417. The molecule has 4 aromatic rings. The molecule has 3 aromatic heterocycles. The van der Waals surface area contributed by atoms with Crippen molar-refractivity contribution in [1.82, 2.24) is 30.5 Å². The first-order valence-corrected chi connectivity index (χ1v) is 9.55. The Hall–Kier alpha value is -4.67. The van der Waals surface area contributed by atoms with Crippen molar-refractivity contribution in [3.05, 3.63) is 60.7 Å².